The Hall–Kier alpha value is -1.26. The quantitative estimate of drug-likeness (QED) is 0.787. The Bertz CT molecular complexity index is 522. The smallest absolute Gasteiger partial charge is 0.0430 e. The molecule has 0 atom stereocenters. The SMILES string of the molecule is [CH-]=C1N(Cc2cccnc2)CCN1Cc1cccnc1.[Y]. The van der Waals surface area contributed by atoms with E-state index in [1.807, 2.05) is 24.5 Å². The average Bonchev–Trinajstić information content (AvgIpc) is 2.83. The molecule has 4 nitrogen and oxygen atoms in total. The van der Waals surface area contributed by atoms with Crippen molar-refractivity contribution in [1.82, 2.24) is 19.8 Å². The van der Waals surface area contributed by atoms with E-state index in [-0.39, 0.29) is 32.7 Å². The van der Waals surface area contributed by atoms with Crippen LogP contribution in [-0.4, -0.2) is 32.9 Å². The fourth-order valence-corrected chi connectivity index (χ4v) is 2.41. The van der Waals surface area contributed by atoms with E-state index in [2.05, 4.69) is 31.9 Å². The summed E-state index contributed by atoms with van der Waals surface area (Å²) in [5.41, 5.74) is 2.36. The number of hydrogen-bond acceptors (Lipinski definition) is 4. The molecule has 0 saturated carbocycles. The maximum Gasteiger partial charge on any atom is 0.0430 e. The van der Waals surface area contributed by atoms with E-state index in [1.165, 1.54) is 11.1 Å². The molecule has 21 heavy (non-hydrogen) atoms. The van der Waals surface area contributed by atoms with Gasteiger partial charge in [-0.25, -0.2) is 0 Å². The molecule has 0 amide bonds. The van der Waals surface area contributed by atoms with Crippen molar-refractivity contribution in [1.29, 1.82) is 0 Å². The van der Waals surface area contributed by atoms with Gasteiger partial charge in [-0.2, -0.15) is 0 Å². The number of pyridine rings is 2. The Kier molecular flexibility index (Phi) is 5.89. The fourth-order valence-electron chi connectivity index (χ4n) is 2.41. The molecule has 3 rings (SSSR count). The molecule has 0 unspecified atom stereocenters. The topological polar surface area (TPSA) is 32.3 Å². The first kappa shape index (κ1) is 16.1. The zero-order valence-corrected chi connectivity index (χ0v) is 14.7. The molecule has 0 aromatic carbocycles. The van der Waals surface area contributed by atoms with Crippen molar-refractivity contribution >= 4 is 0 Å². The largest absolute Gasteiger partial charge is 0.472 e. The molecule has 0 spiro atoms. The van der Waals surface area contributed by atoms with Crippen LogP contribution in [0.2, 0.25) is 0 Å². The fraction of sp³-hybridized carbons (Fsp3) is 0.250. The first-order valence-electron chi connectivity index (χ1n) is 6.73. The van der Waals surface area contributed by atoms with Crippen LogP contribution in [-0.2, 0) is 45.8 Å². The minimum atomic E-state index is 0. The van der Waals surface area contributed by atoms with Gasteiger partial charge in [0.1, 0.15) is 0 Å². The third kappa shape index (κ3) is 4.11. The summed E-state index contributed by atoms with van der Waals surface area (Å²) in [5.74, 6) is 0.831. The molecule has 3 heterocycles. The summed E-state index contributed by atoms with van der Waals surface area (Å²) in [7, 11) is 0. The molecule has 0 bridgehead atoms. The van der Waals surface area contributed by atoms with E-state index < -0.39 is 0 Å². The summed E-state index contributed by atoms with van der Waals surface area (Å²) in [6.07, 6.45) is 7.35. The summed E-state index contributed by atoms with van der Waals surface area (Å²) >= 11 is 0. The maximum atomic E-state index is 6.25. The first-order chi connectivity index (χ1) is 9.83. The van der Waals surface area contributed by atoms with Crippen molar-refractivity contribution in [2.24, 2.45) is 0 Å². The molecule has 0 aliphatic carbocycles. The molecule has 2 aromatic rings. The molecular weight excluding hydrogens is 337 g/mol. The third-order valence-corrected chi connectivity index (χ3v) is 3.48. The van der Waals surface area contributed by atoms with Gasteiger partial charge in [0, 0.05) is 83.7 Å². The van der Waals surface area contributed by atoms with Crippen molar-refractivity contribution in [3.63, 3.8) is 0 Å². The monoisotopic (exact) mass is 354 g/mol. The van der Waals surface area contributed by atoms with Gasteiger partial charge in [0.15, 0.2) is 0 Å². The van der Waals surface area contributed by atoms with Gasteiger partial charge < -0.3 is 16.4 Å². The van der Waals surface area contributed by atoms with Crippen LogP contribution in [0, 0.1) is 6.58 Å². The molecule has 1 radical (unpaired) electrons. The Morgan fingerprint density at radius 2 is 1.38 bits per heavy atom. The Morgan fingerprint density at radius 1 is 0.905 bits per heavy atom. The molecule has 0 N–H and O–H groups in total. The van der Waals surface area contributed by atoms with Crippen LogP contribution >= 0.6 is 0 Å². The molecular formula is C16H17N4Y-. The van der Waals surface area contributed by atoms with Crippen LogP contribution in [0.1, 0.15) is 11.1 Å². The minimum absolute atomic E-state index is 0. The molecule has 1 aliphatic heterocycles. The summed E-state index contributed by atoms with van der Waals surface area (Å²) < 4.78 is 0. The van der Waals surface area contributed by atoms with E-state index >= 15 is 0 Å². The van der Waals surface area contributed by atoms with E-state index in [1.54, 1.807) is 12.4 Å². The van der Waals surface area contributed by atoms with E-state index in [0.29, 0.717) is 0 Å². The summed E-state index contributed by atoms with van der Waals surface area (Å²) in [5, 5.41) is 0. The normalized spacial score (nSPS) is 14.2. The molecule has 1 saturated heterocycles. The summed E-state index contributed by atoms with van der Waals surface area (Å²) in [4.78, 5) is 12.7. The second kappa shape index (κ2) is 7.67. The van der Waals surface area contributed by atoms with Gasteiger partial charge in [0.2, 0.25) is 0 Å². The zero-order valence-electron chi connectivity index (χ0n) is 11.9. The second-order valence-corrected chi connectivity index (χ2v) is 4.92. The van der Waals surface area contributed by atoms with Crippen molar-refractivity contribution in [3.05, 3.63) is 72.6 Å². The molecule has 1 fully saturated rings. The van der Waals surface area contributed by atoms with Crippen molar-refractivity contribution in [2.75, 3.05) is 13.1 Å². The van der Waals surface area contributed by atoms with Crippen LogP contribution in [0.25, 0.3) is 0 Å². The van der Waals surface area contributed by atoms with Crippen LogP contribution < -0.4 is 0 Å². The molecule has 105 valence electrons. The van der Waals surface area contributed by atoms with Gasteiger partial charge in [-0.05, 0) is 23.3 Å². The van der Waals surface area contributed by atoms with Gasteiger partial charge in [-0.15, -0.1) is 0 Å². The minimum Gasteiger partial charge on any atom is -0.472 e. The number of hydrogen-bond donors (Lipinski definition) is 0. The standard InChI is InChI=1S/C16H17N4.Y/c1-14-19(12-15-4-2-6-17-10-15)8-9-20(14)13-16-5-3-7-18-11-16;/h1-7,10-11H,8-9,12-13H2;/q-1;. The van der Waals surface area contributed by atoms with Crippen LogP contribution in [0.3, 0.4) is 0 Å². The third-order valence-electron chi connectivity index (χ3n) is 3.48. The zero-order chi connectivity index (χ0) is 13.8. The van der Waals surface area contributed by atoms with Gasteiger partial charge in [0.25, 0.3) is 0 Å². The predicted molar refractivity (Wildman–Crippen MR) is 77.1 cm³/mol. The Balaban J connectivity index is 0.00000161. The van der Waals surface area contributed by atoms with Crippen molar-refractivity contribution in [3.8, 4) is 0 Å². The number of rotatable bonds is 4. The van der Waals surface area contributed by atoms with Crippen LogP contribution in [0.4, 0.5) is 0 Å². The summed E-state index contributed by atoms with van der Waals surface area (Å²) in [6, 6.07) is 8.05. The van der Waals surface area contributed by atoms with Gasteiger partial charge in [0.05, 0.1) is 0 Å². The molecule has 1 aliphatic rings. The van der Waals surface area contributed by atoms with Crippen LogP contribution in [0.5, 0.6) is 0 Å². The van der Waals surface area contributed by atoms with Crippen LogP contribution in [0.15, 0.2) is 54.9 Å². The Labute approximate surface area is 150 Å². The first-order valence-corrected chi connectivity index (χ1v) is 6.73. The Morgan fingerprint density at radius 3 is 1.76 bits per heavy atom. The average molecular weight is 354 g/mol. The van der Waals surface area contributed by atoms with Gasteiger partial charge in [-0.1, -0.05) is 18.0 Å². The number of nitrogens with zero attached hydrogens (tertiary/aromatic N) is 4. The summed E-state index contributed by atoms with van der Waals surface area (Å²) in [6.45, 7) is 9.75. The second-order valence-electron chi connectivity index (χ2n) is 4.92. The van der Waals surface area contributed by atoms with Gasteiger partial charge >= 0.3 is 0 Å². The van der Waals surface area contributed by atoms with Crippen molar-refractivity contribution < 1.29 is 32.7 Å². The van der Waals surface area contributed by atoms with E-state index in [9.17, 15) is 0 Å². The predicted octanol–water partition coefficient (Wildman–Crippen LogP) is 2.07. The molecule has 5 heteroatoms. The van der Waals surface area contributed by atoms with E-state index in [0.717, 1.165) is 32.0 Å². The molecule has 2 aromatic heterocycles. The van der Waals surface area contributed by atoms with E-state index in [4.69, 9.17) is 6.58 Å². The number of aromatic nitrogens is 2. The van der Waals surface area contributed by atoms with Gasteiger partial charge in [-0.3, -0.25) is 9.97 Å². The van der Waals surface area contributed by atoms with Crippen molar-refractivity contribution in [2.45, 2.75) is 13.1 Å². The maximum absolute atomic E-state index is 6.25.